The van der Waals surface area contributed by atoms with Crippen molar-refractivity contribution in [2.75, 3.05) is 23.7 Å². The topological polar surface area (TPSA) is 67.2 Å². The molecule has 0 aliphatic carbocycles. The van der Waals surface area contributed by atoms with E-state index in [0.29, 0.717) is 5.69 Å². The molecule has 0 unspecified atom stereocenters. The number of nitrogens with zero attached hydrogens (tertiary/aromatic N) is 3. The van der Waals surface area contributed by atoms with Gasteiger partial charge in [0.05, 0.1) is 12.0 Å². The average Bonchev–Trinajstić information content (AvgIpc) is 2.72. The van der Waals surface area contributed by atoms with Gasteiger partial charge in [-0.3, -0.25) is 4.72 Å². The largest absolute Gasteiger partial charge is 0.378 e. The number of anilines is 2. The van der Waals surface area contributed by atoms with Gasteiger partial charge < -0.3 is 9.47 Å². The fourth-order valence-electron chi connectivity index (χ4n) is 1.81. The van der Waals surface area contributed by atoms with Crippen LogP contribution in [-0.4, -0.2) is 32.1 Å². The fourth-order valence-corrected chi connectivity index (χ4v) is 3.37. The van der Waals surface area contributed by atoms with Crippen molar-refractivity contribution in [3.8, 4) is 0 Å². The van der Waals surface area contributed by atoms with Crippen LogP contribution >= 0.6 is 11.6 Å². The summed E-state index contributed by atoms with van der Waals surface area (Å²) in [5.74, 6) is 0. The van der Waals surface area contributed by atoms with Crippen LogP contribution in [0, 0.1) is 6.92 Å². The van der Waals surface area contributed by atoms with Gasteiger partial charge in [-0.1, -0.05) is 11.6 Å². The molecule has 0 aliphatic rings. The van der Waals surface area contributed by atoms with Crippen molar-refractivity contribution >= 4 is 33.0 Å². The van der Waals surface area contributed by atoms with Gasteiger partial charge in [0.25, 0.3) is 10.0 Å². The smallest absolute Gasteiger partial charge is 0.282 e. The molecular weight excluding hydrogens is 312 g/mol. The summed E-state index contributed by atoms with van der Waals surface area (Å²) in [4.78, 5) is 5.78. The van der Waals surface area contributed by atoms with Crippen molar-refractivity contribution in [2.24, 2.45) is 7.05 Å². The van der Waals surface area contributed by atoms with Gasteiger partial charge in [0.2, 0.25) is 5.03 Å². The van der Waals surface area contributed by atoms with E-state index >= 15 is 0 Å². The average molecular weight is 329 g/mol. The predicted molar refractivity (Wildman–Crippen MR) is 84.5 cm³/mol. The summed E-state index contributed by atoms with van der Waals surface area (Å²) in [6.45, 7) is 1.84. The van der Waals surface area contributed by atoms with Crippen LogP contribution in [0.4, 0.5) is 11.4 Å². The molecule has 0 aliphatic heterocycles. The van der Waals surface area contributed by atoms with Gasteiger partial charge in [-0.05, 0) is 30.7 Å². The van der Waals surface area contributed by atoms with Crippen LogP contribution in [0.15, 0.2) is 29.6 Å². The molecule has 8 heteroatoms. The van der Waals surface area contributed by atoms with E-state index in [1.54, 1.807) is 13.1 Å². The summed E-state index contributed by atoms with van der Waals surface area (Å²) >= 11 is 5.94. The minimum Gasteiger partial charge on any atom is -0.378 e. The first-order chi connectivity index (χ1) is 9.72. The Morgan fingerprint density at radius 3 is 2.48 bits per heavy atom. The van der Waals surface area contributed by atoms with E-state index in [-0.39, 0.29) is 10.2 Å². The third-order valence-corrected chi connectivity index (χ3v) is 4.91. The molecule has 0 fully saturated rings. The number of hydrogen-bond acceptors (Lipinski definition) is 4. The molecule has 1 aromatic carbocycles. The second-order valence-corrected chi connectivity index (χ2v) is 6.91. The van der Waals surface area contributed by atoms with Crippen LogP contribution in [0.25, 0.3) is 0 Å². The Hall–Kier alpha value is -1.73. The molecule has 0 saturated carbocycles. The molecule has 0 saturated heterocycles. The number of imidazole rings is 1. The van der Waals surface area contributed by atoms with E-state index < -0.39 is 10.0 Å². The molecule has 0 amide bonds. The van der Waals surface area contributed by atoms with Crippen molar-refractivity contribution in [2.45, 2.75) is 11.9 Å². The maximum absolute atomic E-state index is 12.3. The van der Waals surface area contributed by atoms with Crippen molar-refractivity contribution < 1.29 is 8.42 Å². The van der Waals surface area contributed by atoms with Crippen molar-refractivity contribution in [1.82, 2.24) is 9.55 Å². The fraction of sp³-hybridized carbons (Fsp3) is 0.308. The normalized spacial score (nSPS) is 11.5. The monoisotopic (exact) mass is 328 g/mol. The van der Waals surface area contributed by atoms with Crippen molar-refractivity contribution in [3.63, 3.8) is 0 Å². The van der Waals surface area contributed by atoms with Crippen LogP contribution in [0.3, 0.4) is 0 Å². The lowest BCUT2D eigenvalue weighted by atomic mass is 10.2. The lowest BCUT2D eigenvalue weighted by Gasteiger charge is -2.15. The highest BCUT2D eigenvalue weighted by molar-refractivity contribution is 7.92. The second kappa shape index (κ2) is 5.57. The molecule has 1 heterocycles. The molecule has 0 spiro atoms. The summed E-state index contributed by atoms with van der Waals surface area (Å²) in [6.07, 6.45) is 1.36. The van der Waals surface area contributed by atoms with E-state index in [4.69, 9.17) is 11.6 Å². The second-order valence-electron chi connectivity index (χ2n) is 4.95. The molecule has 114 valence electrons. The molecular formula is C13H17ClN4O2S. The SMILES string of the molecule is Cc1cc(N(C)C)ccc1NS(=O)(=O)c1ncn(C)c1Cl. The van der Waals surface area contributed by atoms with Crippen molar-refractivity contribution in [1.29, 1.82) is 0 Å². The molecule has 0 radical (unpaired) electrons. The van der Waals surface area contributed by atoms with Crippen LogP contribution in [-0.2, 0) is 17.1 Å². The molecule has 0 atom stereocenters. The first kappa shape index (κ1) is 15.7. The van der Waals surface area contributed by atoms with Gasteiger partial charge in [-0.15, -0.1) is 0 Å². The molecule has 21 heavy (non-hydrogen) atoms. The molecule has 1 N–H and O–H groups in total. The highest BCUT2D eigenvalue weighted by Gasteiger charge is 2.23. The van der Waals surface area contributed by atoms with Crippen LogP contribution in [0.2, 0.25) is 5.15 Å². The summed E-state index contributed by atoms with van der Waals surface area (Å²) in [6, 6.07) is 5.46. The number of benzene rings is 1. The Morgan fingerprint density at radius 2 is 2.00 bits per heavy atom. The number of sulfonamides is 1. The zero-order valence-corrected chi connectivity index (χ0v) is 13.8. The number of hydrogen-bond donors (Lipinski definition) is 1. The summed E-state index contributed by atoms with van der Waals surface area (Å²) in [5.41, 5.74) is 2.31. The lowest BCUT2D eigenvalue weighted by molar-refractivity contribution is 0.598. The van der Waals surface area contributed by atoms with Gasteiger partial charge in [0, 0.05) is 26.8 Å². The Balaban J connectivity index is 2.35. The zero-order valence-electron chi connectivity index (χ0n) is 12.3. The Bertz CT molecular complexity index is 768. The number of halogens is 1. The summed E-state index contributed by atoms with van der Waals surface area (Å²) in [7, 11) is 1.67. The van der Waals surface area contributed by atoms with Gasteiger partial charge >= 0.3 is 0 Å². The number of nitrogens with one attached hydrogen (secondary N) is 1. The molecule has 0 bridgehead atoms. The first-order valence-corrected chi connectivity index (χ1v) is 8.06. The Morgan fingerprint density at radius 1 is 1.33 bits per heavy atom. The van der Waals surface area contributed by atoms with E-state index in [2.05, 4.69) is 9.71 Å². The summed E-state index contributed by atoms with van der Waals surface area (Å²) in [5, 5.41) is -0.104. The maximum atomic E-state index is 12.3. The lowest BCUT2D eigenvalue weighted by Crippen LogP contribution is -2.15. The van der Waals surface area contributed by atoms with Gasteiger partial charge in [-0.2, -0.15) is 8.42 Å². The summed E-state index contributed by atoms with van der Waals surface area (Å²) < 4.78 is 28.6. The van der Waals surface area contributed by atoms with Crippen LogP contribution < -0.4 is 9.62 Å². The third-order valence-electron chi connectivity index (χ3n) is 3.06. The number of rotatable bonds is 4. The third kappa shape index (κ3) is 3.14. The first-order valence-electron chi connectivity index (χ1n) is 6.20. The molecule has 6 nitrogen and oxygen atoms in total. The van der Waals surface area contributed by atoms with E-state index in [1.165, 1.54) is 10.9 Å². The minimum atomic E-state index is -3.81. The standard InChI is InChI=1S/C13H17ClN4O2S/c1-9-7-10(17(2)3)5-6-11(9)16-21(19,20)13-12(14)18(4)8-15-13/h5-8,16H,1-4H3. The highest BCUT2D eigenvalue weighted by atomic mass is 35.5. The van der Waals surface area contributed by atoms with Gasteiger partial charge in [0.1, 0.15) is 5.15 Å². The number of aryl methyl sites for hydroxylation is 2. The Kier molecular flexibility index (Phi) is 4.15. The van der Waals surface area contributed by atoms with E-state index in [0.717, 1.165) is 11.3 Å². The van der Waals surface area contributed by atoms with E-state index in [9.17, 15) is 8.42 Å². The highest BCUT2D eigenvalue weighted by Crippen LogP contribution is 2.26. The molecule has 2 rings (SSSR count). The number of aromatic nitrogens is 2. The predicted octanol–water partition coefficient (Wildman–Crippen LogP) is 2.25. The minimum absolute atomic E-state index is 0.0741. The maximum Gasteiger partial charge on any atom is 0.282 e. The Labute approximate surface area is 129 Å². The van der Waals surface area contributed by atoms with Gasteiger partial charge in [0.15, 0.2) is 0 Å². The quantitative estimate of drug-likeness (QED) is 0.934. The van der Waals surface area contributed by atoms with Crippen LogP contribution in [0.1, 0.15) is 5.56 Å². The zero-order chi connectivity index (χ0) is 15.8. The van der Waals surface area contributed by atoms with E-state index in [1.807, 2.05) is 38.1 Å². The van der Waals surface area contributed by atoms with Crippen molar-refractivity contribution in [3.05, 3.63) is 35.2 Å². The molecule has 2 aromatic rings. The van der Waals surface area contributed by atoms with Gasteiger partial charge in [-0.25, -0.2) is 4.98 Å². The van der Waals surface area contributed by atoms with Crippen LogP contribution in [0.5, 0.6) is 0 Å². The molecule has 1 aromatic heterocycles.